The Kier molecular flexibility index (Phi) is 5.50. The molecule has 31 heavy (non-hydrogen) atoms. The number of methoxy groups -OCH3 is 2. The van der Waals surface area contributed by atoms with E-state index in [-0.39, 0.29) is 23.6 Å². The number of anilines is 1. The topological polar surface area (TPSA) is 68.3 Å². The highest BCUT2D eigenvalue weighted by Gasteiger charge is 2.46. The first-order valence-electron chi connectivity index (χ1n) is 10.9. The Bertz CT molecular complexity index is 907. The predicted octanol–water partition coefficient (Wildman–Crippen LogP) is 4.07. The van der Waals surface area contributed by atoms with Crippen molar-refractivity contribution in [2.45, 2.75) is 51.7 Å². The highest BCUT2D eigenvalue weighted by atomic mass is 16.6. The van der Waals surface area contributed by atoms with Crippen LogP contribution in [0.1, 0.15) is 56.0 Å². The summed E-state index contributed by atoms with van der Waals surface area (Å²) in [6.07, 6.45) is 5.29. The summed E-state index contributed by atoms with van der Waals surface area (Å²) in [5.74, 6) is -0.378. The van der Waals surface area contributed by atoms with Crippen molar-refractivity contribution >= 4 is 23.4 Å². The minimum Gasteiger partial charge on any atom is -0.465 e. The van der Waals surface area contributed by atoms with Gasteiger partial charge in [-0.15, -0.1) is 0 Å². The molecule has 0 bridgehead atoms. The molecular weight excluding hydrogens is 396 g/mol. The zero-order valence-corrected chi connectivity index (χ0v) is 19.1. The molecule has 7 heteroatoms. The lowest BCUT2D eigenvalue weighted by atomic mass is 9.91. The molecule has 168 valence electrons. The normalized spacial score (nSPS) is 20.2. The van der Waals surface area contributed by atoms with Crippen LogP contribution < -0.4 is 4.90 Å². The Labute approximate surface area is 183 Å². The summed E-state index contributed by atoms with van der Waals surface area (Å²) in [6, 6.07) is 5.54. The number of nitrogens with zero attached hydrogens (tertiary/aromatic N) is 2. The summed E-state index contributed by atoms with van der Waals surface area (Å²) < 4.78 is 16.1. The molecular formula is C24H32N2O5. The number of ether oxygens (including phenoxy) is 3. The van der Waals surface area contributed by atoms with E-state index in [4.69, 9.17) is 14.2 Å². The van der Waals surface area contributed by atoms with Crippen molar-refractivity contribution in [1.82, 2.24) is 4.90 Å². The monoisotopic (exact) mass is 428 g/mol. The first-order valence-corrected chi connectivity index (χ1v) is 10.9. The quantitative estimate of drug-likeness (QED) is 0.674. The molecule has 2 heterocycles. The van der Waals surface area contributed by atoms with Crippen LogP contribution in [0.25, 0.3) is 5.70 Å². The average Bonchev–Trinajstić information content (AvgIpc) is 3.43. The molecule has 0 atom stereocenters. The van der Waals surface area contributed by atoms with Gasteiger partial charge in [0.15, 0.2) is 0 Å². The van der Waals surface area contributed by atoms with E-state index < -0.39 is 5.60 Å². The first kappa shape index (κ1) is 21.7. The van der Waals surface area contributed by atoms with Gasteiger partial charge in [-0.25, -0.2) is 9.59 Å². The fourth-order valence-electron chi connectivity index (χ4n) is 4.22. The predicted molar refractivity (Wildman–Crippen MR) is 118 cm³/mol. The Hall–Kier alpha value is -2.54. The number of carbonyl (C=O) groups is 2. The maximum Gasteiger partial charge on any atom is 0.414 e. The van der Waals surface area contributed by atoms with E-state index >= 15 is 0 Å². The zero-order valence-electron chi connectivity index (χ0n) is 19.1. The van der Waals surface area contributed by atoms with Crippen LogP contribution in [-0.2, 0) is 14.2 Å². The largest absolute Gasteiger partial charge is 0.465 e. The second-order valence-electron chi connectivity index (χ2n) is 9.76. The standard InChI is InChI=1S/C24H32N2O5/c1-23(2,3)31-22(28)26-11-10-24(8-9-24)13-20(26)18-7-6-16(21(27)30-5)12-19(18)25-14-17(15-25)29-4/h6-7,12-13,17H,8-11,14-15H2,1-5H3. The number of allylic oxidation sites excluding steroid dienone is 1. The van der Waals surface area contributed by atoms with Crippen molar-refractivity contribution in [2.24, 2.45) is 5.41 Å². The summed E-state index contributed by atoms with van der Waals surface area (Å²) in [7, 11) is 3.09. The molecule has 4 rings (SSSR count). The molecule has 3 aliphatic rings. The van der Waals surface area contributed by atoms with E-state index in [1.165, 1.54) is 7.11 Å². The van der Waals surface area contributed by atoms with Crippen molar-refractivity contribution in [3.8, 4) is 0 Å². The van der Waals surface area contributed by atoms with E-state index in [0.29, 0.717) is 12.1 Å². The summed E-state index contributed by atoms with van der Waals surface area (Å²) in [5, 5.41) is 0. The van der Waals surface area contributed by atoms with Gasteiger partial charge in [-0.05, 0) is 63.6 Å². The van der Waals surface area contributed by atoms with Gasteiger partial charge in [-0.1, -0.05) is 6.08 Å². The van der Waals surface area contributed by atoms with Gasteiger partial charge in [-0.2, -0.15) is 0 Å². The number of amides is 1. The Balaban J connectivity index is 1.74. The van der Waals surface area contributed by atoms with Gasteiger partial charge in [0, 0.05) is 38.0 Å². The minimum atomic E-state index is -0.572. The molecule has 7 nitrogen and oxygen atoms in total. The van der Waals surface area contributed by atoms with Crippen LogP contribution in [0.15, 0.2) is 24.3 Å². The van der Waals surface area contributed by atoms with Crippen LogP contribution in [0.3, 0.4) is 0 Å². The Morgan fingerprint density at radius 2 is 1.81 bits per heavy atom. The van der Waals surface area contributed by atoms with Gasteiger partial charge in [0.05, 0.1) is 24.5 Å². The van der Waals surface area contributed by atoms with Crippen LogP contribution in [0.5, 0.6) is 0 Å². The molecule has 1 saturated carbocycles. The van der Waals surface area contributed by atoms with Crippen molar-refractivity contribution < 1.29 is 23.8 Å². The zero-order chi connectivity index (χ0) is 22.4. The molecule has 1 aromatic carbocycles. The summed E-state index contributed by atoms with van der Waals surface area (Å²) >= 11 is 0. The van der Waals surface area contributed by atoms with Gasteiger partial charge in [-0.3, -0.25) is 4.90 Å². The highest BCUT2D eigenvalue weighted by Crippen LogP contribution is 2.55. The van der Waals surface area contributed by atoms with E-state index in [9.17, 15) is 9.59 Å². The van der Waals surface area contributed by atoms with E-state index in [1.807, 2.05) is 32.9 Å². The molecule has 0 N–H and O–H groups in total. The third-order valence-corrected chi connectivity index (χ3v) is 6.29. The molecule has 1 aliphatic carbocycles. The fraction of sp³-hybridized carbons (Fsp3) is 0.583. The molecule has 0 unspecified atom stereocenters. The van der Waals surface area contributed by atoms with Crippen LogP contribution in [0.4, 0.5) is 10.5 Å². The van der Waals surface area contributed by atoms with Gasteiger partial charge in [0.25, 0.3) is 0 Å². The molecule has 2 fully saturated rings. The van der Waals surface area contributed by atoms with Gasteiger partial charge >= 0.3 is 12.1 Å². The lowest BCUT2D eigenvalue weighted by Crippen LogP contribution is -2.52. The number of rotatable bonds is 4. The maximum absolute atomic E-state index is 13.1. The maximum atomic E-state index is 13.1. The van der Waals surface area contributed by atoms with E-state index in [0.717, 1.165) is 49.3 Å². The third kappa shape index (κ3) is 4.42. The molecule has 1 saturated heterocycles. The summed E-state index contributed by atoms with van der Waals surface area (Å²) in [4.78, 5) is 29.2. The molecule has 0 radical (unpaired) electrons. The van der Waals surface area contributed by atoms with Crippen LogP contribution >= 0.6 is 0 Å². The lowest BCUT2D eigenvalue weighted by Gasteiger charge is -2.42. The molecule has 2 aliphatic heterocycles. The molecule has 0 aromatic heterocycles. The summed E-state index contributed by atoms with van der Waals surface area (Å²) in [6.45, 7) is 7.73. The van der Waals surface area contributed by atoms with Gasteiger partial charge in [0.2, 0.25) is 0 Å². The van der Waals surface area contributed by atoms with Crippen molar-refractivity contribution in [3.63, 3.8) is 0 Å². The first-order chi connectivity index (χ1) is 14.6. The average molecular weight is 429 g/mol. The van der Waals surface area contributed by atoms with Crippen molar-refractivity contribution in [2.75, 3.05) is 38.8 Å². The van der Waals surface area contributed by atoms with Crippen LogP contribution in [0, 0.1) is 5.41 Å². The minimum absolute atomic E-state index is 0.159. The highest BCUT2D eigenvalue weighted by molar-refractivity contribution is 5.94. The number of esters is 1. The molecule has 1 amide bonds. The third-order valence-electron chi connectivity index (χ3n) is 6.29. The number of hydrogen-bond acceptors (Lipinski definition) is 6. The SMILES string of the molecule is COC(=O)c1ccc(C2=CC3(CCN2C(=O)OC(C)(C)C)CC3)c(N2CC(OC)C2)c1. The van der Waals surface area contributed by atoms with Crippen molar-refractivity contribution in [3.05, 3.63) is 35.4 Å². The lowest BCUT2D eigenvalue weighted by molar-refractivity contribution is 0.0337. The Morgan fingerprint density at radius 3 is 2.39 bits per heavy atom. The van der Waals surface area contributed by atoms with Crippen LogP contribution in [0.2, 0.25) is 0 Å². The number of carbonyl (C=O) groups excluding carboxylic acids is 2. The number of hydrogen-bond donors (Lipinski definition) is 0. The van der Waals surface area contributed by atoms with E-state index in [1.54, 1.807) is 18.1 Å². The molecule has 1 aromatic rings. The fourth-order valence-corrected chi connectivity index (χ4v) is 4.22. The smallest absolute Gasteiger partial charge is 0.414 e. The Morgan fingerprint density at radius 1 is 1.10 bits per heavy atom. The number of benzene rings is 1. The second kappa shape index (κ2) is 7.86. The second-order valence-corrected chi connectivity index (χ2v) is 9.76. The molecule has 1 spiro atoms. The van der Waals surface area contributed by atoms with E-state index in [2.05, 4.69) is 11.0 Å². The summed E-state index contributed by atoms with van der Waals surface area (Å²) in [5.41, 5.74) is 2.80. The van der Waals surface area contributed by atoms with Crippen LogP contribution in [-0.4, -0.2) is 62.5 Å². The van der Waals surface area contributed by atoms with Gasteiger partial charge < -0.3 is 19.1 Å². The van der Waals surface area contributed by atoms with Gasteiger partial charge in [0.1, 0.15) is 5.60 Å². The van der Waals surface area contributed by atoms with Crippen molar-refractivity contribution in [1.29, 1.82) is 0 Å².